The Balaban J connectivity index is 2.29. The number of carbonyl (C=O) groups excluding carboxylic acids is 1. The number of amides is 1. The molecule has 5 nitrogen and oxygen atoms in total. The number of nitrogens with two attached hydrogens (primary N) is 1. The van der Waals surface area contributed by atoms with Crippen LogP contribution in [0.25, 0.3) is 0 Å². The molecule has 2 aromatic rings. The Morgan fingerprint density at radius 1 is 1.17 bits per heavy atom. The van der Waals surface area contributed by atoms with Gasteiger partial charge in [-0.05, 0) is 35.4 Å². The van der Waals surface area contributed by atoms with Crippen molar-refractivity contribution in [3.05, 3.63) is 64.1 Å². The number of likely N-dealkylation sites (N-methyl/N-ethyl adjacent to an activating group) is 1. The fourth-order valence-electron chi connectivity index (χ4n) is 2.75. The standard InChI is InChI=1S/C17H16BrN3O2/c1-21-15(22)17(20-16(21)19,11-5-3-7-13(18)9-11)12-6-4-8-14(10-12)23-2/h3-10H,1-2H3,(H2,19,20). The van der Waals surface area contributed by atoms with Gasteiger partial charge in [0.1, 0.15) is 5.75 Å². The molecule has 23 heavy (non-hydrogen) atoms. The highest BCUT2D eigenvalue weighted by Gasteiger charge is 2.49. The summed E-state index contributed by atoms with van der Waals surface area (Å²) in [6.45, 7) is 0. The Kier molecular flexibility index (Phi) is 3.85. The van der Waals surface area contributed by atoms with Crippen LogP contribution in [0.5, 0.6) is 5.75 Å². The molecule has 1 amide bonds. The molecular weight excluding hydrogens is 358 g/mol. The van der Waals surface area contributed by atoms with Crippen LogP contribution in [-0.4, -0.2) is 30.9 Å². The fourth-order valence-corrected chi connectivity index (χ4v) is 3.14. The summed E-state index contributed by atoms with van der Waals surface area (Å²) in [4.78, 5) is 18.9. The number of ether oxygens (including phenoxy) is 1. The average Bonchev–Trinajstić information content (AvgIpc) is 2.80. The number of hydrogen-bond acceptors (Lipinski definition) is 4. The lowest BCUT2D eigenvalue weighted by Gasteiger charge is -2.26. The third-order valence-corrected chi connectivity index (χ3v) is 4.46. The molecule has 118 valence electrons. The monoisotopic (exact) mass is 373 g/mol. The van der Waals surface area contributed by atoms with Crippen molar-refractivity contribution >= 4 is 27.8 Å². The van der Waals surface area contributed by atoms with Gasteiger partial charge < -0.3 is 10.5 Å². The Labute approximate surface area is 142 Å². The van der Waals surface area contributed by atoms with Gasteiger partial charge in [-0.3, -0.25) is 9.69 Å². The van der Waals surface area contributed by atoms with Gasteiger partial charge in [-0.15, -0.1) is 0 Å². The van der Waals surface area contributed by atoms with E-state index in [0.29, 0.717) is 11.3 Å². The van der Waals surface area contributed by atoms with Crippen LogP contribution in [-0.2, 0) is 10.3 Å². The highest BCUT2D eigenvalue weighted by atomic mass is 79.9. The predicted octanol–water partition coefficient (Wildman–Crippen LogP) is 2.49. The first-order valence-electron chi connectivity index (χ1n) is 7.03. The van der Waals surface area contributed by atoms with E-state index < -0.39 is 5.54 Å². The van der Waals surface area contributed by atoms with E-state index in [9.17, 15) is 4.79 Å². The normalized spacial score (nSPS) is 20.6. The summed E-state index contributed by atoms with van der Waals surface area (Å²) in [6, 6.07) is 14.9. The Bertz CT molecular complexity index is 806. The lowest BCUT2D eigenvalue weighted by Crippen LogP contribution is -2.41. The second-order valence-electron chi connectivity index (χ2n) is 5.29. The maximum Gasteiger partial charge on any atom is 0.266 e. The van der Waals surface area contributed by atoms with Crippen LogP contribution < -0.4 is 10.5 Å². The van der Waals surface area contributed by atoms with Crippen molar-refractivity contribution in [1.29, 1.82) is 0 Å². The van der Waals surface area contributed by atoms with Crippen LogP contribution in [0, 0.1) is 0 Å². The van der Waals surface area contributed by atoms with E-state index in [1.807, 2.05) is 48.5 Å². The Hall–Kier alpha value is -2.34. The van der Waals surface area contributed by atoms with E-state index in [2.05, 4.69) is 20.9 Å². The molecule has 0 aliphatic carbocycles. The third-order valence-electron chi connectivity index (χ3n) is 3.97. The van der Waals surface area contributed by atoms with Crippen molar-refractivity contribution in [2.45, 2.75) is 5.54 Å². The van der Waals surface area contributed by atoms with Gasteiger partial charge >= 0.3 is 0 Å². The highest BCUT2D eigenvalue weighted by molar-refractivity contribution is 9.10. The van der Waals surface area contributed by atoms with Crippen molar-refractivity contribution in [2.24, 2.45) is 10.7 Å². The quantitative estimate of drug-likeness (QED) is 0.898. The van der Waals surface area contributed by atoms with Crippen molar-refractivity contribution < 1.29 is 9.53 Å². The number of nitrogens with zero attached hydrogens (tertiary/aromatic N) is 2. The van der Waals surface area contributed by atoms with E-state index in [1.54, 1.807) is 14.2 Å². The molecule has 2 aromatic carbocycles. The molecule has 6 heteroatoms. The Morgan fingerprint density at radius 2 is 1.83 bits per heavy atom. The van der Waals surface area contributed by atoms with Crippen molar-refractivity contribution in [1.82, 2.24) is 4.90 Å². The van der Waals surface area contributed by atoms with Gasteiger partial charge in [-0.2, -0.15) is 0 Å². The summed E-state index contributed by atoms with van der Waals surface area (Å²) < 4.78 is 6.16. The smallest absolute Gasteiger partial charge is 0.266 e. The molecular formula is C17H16BrN3O2. The second-order valence-corrected chi connectivity index (χ2v) is 6.20. The topological polar surface area (TPSA) is 67.9 Å². The minimum Gasteiger partial charge on any atom is -0.497 e. The molecule has 0 bridgehead atoms. The first kappa shape index (κ1) is 15.6. The first-order chi connectivity index (χ1) is 11.0. The zero-order valence-electron chi connectivity index (χ0n) is 12.8. The molecule has 1 unspecified atom stereocenters. The minimum atomic E-state index is -1.20. The van der Waals surface area contributed by atoms with E-state index in [1.165, 1.54) is 4.90 Å². The summed E-state index contributed by atoms with van der Waals surface area (Å²) in [5, 5.41) is 0. The van der Waals surface area contributed by atoms with Gasteiger partial charge in [0.2, 0.25) is 0 Å². The molecule has 0 fully saturated rings. The van der Waals surface area contributed by atoms with Crippen LogP contribution in [0.15, 0.2) is 58.0 Å². The van der Waals surface area contributed by atoms with Gasteiger partial charge in [-0.1, -0.05) is 40.2 Å². The van der Waals surface area contributed by atoms with Crippen molar-refractivity contribution in [3.8, 4) is 5.75 Å². The van der Waals surface area contributed by atoms with Crippen LogP contribution >= 0.6 is 15.9 Å². The zero-order chi connectivity index (χ0) is 16.6. The molecule has 1 aliphatic heterocycles. The summed E-state index contributed by atoms with van der Waals surface area (Å²) in [6.07, 6.45) is 0. The van der Waals surface area contributed by atoms with Gasteiger partial charge in [0.05, 0.1) is 7.11 Å². The van der Waals surface area contributed by atoms with Gasteiger partial charge in [0, 0.05) is 11.5 Å². The molecule has 1 heterocycles. The van der Waals surface area contributed by atoms with Crippen LogP contribution in [0.3, 0.4) is 0 Å². The van der Waals surface area contributed by atoms with E-state index >= 15 is 0 Å². The largest absolute Gasteiger partial charge is 0.497 e. The maximum atomic E-state index is 13.0. The summed E-state index contributed by atoms with van der Waals surface area (Å²) in [5.41, 5.74) is 6.21. The van der Waals surface area contributed by atoms with Crippen LogP contribution in [0.1, 0.15) is 11.1 Å². The lowest BCUT2D eigenvalue weighted by atomic mass is 9.83. The second kappa shape index (κ2) is 5.70. The molecule has 0 saturated heterocycles. The number of aliphatic imine (C=N–C) groups is 1. The number of hydrogen-bond donors (Lipinski definition) is 1. The first-order valence-corrected chi connectivity index (χ1v) is 7.82. The molecule has 0 spiro atoms. The molecule has 3 rings (SSSR count). The van der Waals surface area contributed by atoms with E-state index in [-0.39, 0.29) is 11.9 Å². The predicted molar refractivity (Wildman–Crippen MR) is 92.3 cm³/mol. The zero-order valence-corrected chi connectivity index (χ0v) is 14.4. The molecule has 2 N–H and O–H groups in total. The summed E-state index contributed by atoms with van der Waals surface area (Å²) in [7, 11) is 3.21. The number of benzene rings is 2. The summed E-state index contributed by atoms with van der Waals surface area (Å²) >= 11 is 3.45. The Morgan fingerprint density at radius 3 is 2.39 bits per heavy atom. The fraction of sp³-hybridized carbons (Fsp3) is 0.176. The highest BCUT2D eigenvalue weighted by Crippen LogP contribution is 2.40. The minimum absolute atomic E-state index is 0.192. The number of rotatable bonds is 3. The number of carbonyl (C=O) groups is 1. The van der Waals surface area contributed by atoms with E-state index in [0.717, 1.165) is 10.0 Å². The lowest BCUT2D eigenvalue weighted by molar-refractivity contribution is -0.129. The van der Waals surface area contributed by atoms with Crippen molar-refractivity contribution in [3.63, 3.8) is 0 Å². The van der Waals surface area contributed by atoms with E-state index in [4.69, 9.17) is 10.5 Å². The summed E-state index contributed by atoms with van der Waals surface area (Å²) in [5.74, 6) is 0.659. The molecule has 0 radical (unpaired) electrons. The van der Waals surface area contributed by atoms with Crippen LogP contribution in [0.4, 0.5) is 0 Å². The SMILES string of the molecule is COc1cccc(C2(c3cccc(Br)c3)N=C(N)N(C)C2=O)c1. The average molecular weight is 374 g/mol. The van der Waals surface area contributed by atoms with Gasteiger partial charge in [-0.25, -0.2) is 4.99 Å². The number of guanidine groups is 1. The molecule has 1 aliphatic rings. The molecule has 0 saturated carbocycles. The van der Waals surface area contributed by atoms with Gasteiger partial charge in [0.25, 0.3) is 5.91 Å². The third kappa shape index (κ3) is 2.39. The maximum absolute atomic E-state index is 13.0. The number of halogens is 1. The number of methoxy groups -OCH3 is 1. The van der Waals surface area contributed by atoms with Crippen LogP contribution in [0.2, 0.25) is 0 Å². The van der Waals surface area contributed by atoms with Crippen molar-refractivity contribution in [2.75, 3.05) is 14.2 Å². The molecule has 0 aromatic heterocycles. The molecule has 1 atom stereocenters. The van der Waals surface area contributed by atoms with Gasteiger partial charge in [0.15, 0.2) is 11.5 Å².